The molecule has 1 aromatic rings. The van der Waals surface area contributed by atoms with Gasteiger partial charge < -0.3 is 4.90 Å². The molecule has 1 rings (SSSR count). The first kappa shape index (κ1) is 14.0. The zero-order valence-electron chi connectivity index (χ0n) is 9.41. The second-order valence-electron chi connectivity index (χ2n) is 3.42. The molecule has 0 aliphatic heterocycles. The zero-order valence-corrected chi connectivity index (χ0v) is 11.8. The predicted molar refractivity (Wildman–Crippen MR) is 72.0 cm³/mol. The van der Waals surface area contributed by atoms with E-state index >= 15 is 0 Å². The van der Waals surface area contributed by atoms with Gasteiger partial charge in [0.25, 0.3) is 5.91 Å². The minimum Gasteiger partial charge on any atom is -0.327 e. The fourth-order valence-electron chi connectivity index (χ4n) is 1.38. The standard InChI is InChI=1S/C12H12BrClN2O/c1-3-5-16(6-4-2)12(17)10-7-9(13)8-15-11(10)14/h1,7-8H,4-6H2,2H3. The molecule has 0 bridgehead atoms. The van der Waals surface area contributed by atoms with Crippen molar-refractivity contribution in [3.8, 4) is 12.3 Å². The monoisotopic (exact) mass is 314 g/mol. The largest absolute Gasteiger partial charge is 0.327 e. The molecule has 0 N–H and O–H groups in total. The molecule has 1 aromatic heterocycles. The number of aromatic nitrogens is 1. The second kappa shape index (κ2) is 6.63. The Balaban J connectivity index is 3.00. The van der Waals surface area contributed by atoms with Crippen LogP contribution in [0.4, 0.5) is 0 Å². The third-order valence-electron chi connectivity index (χ3n) is 2.10. The fourth-order valence-corrected chi connectivity index (χ4v) is 1.89. The van der Waals surface area contributed by atoms with Crippen molar-refractivity contribution in [2.24, 2.45) is 0 Å². The Morgan fingerprint density at radius 3 is 3.00 bits per heavy atom. The highest BCUT2D eigenvalue weighted by Crippen LogP contribution is 2.19. The maximum Gasteiger partial charge on any atom is 0.257 e. The molecule has 3 nitrogen and oxygen atoms in total. The van der Waals surface area contributed by atoms with E-state index in [9.17, 15) is 4.79 Å². The molecule has 17 heavy (non-hydrogen) atoms. The van der Waals surface area contributed by atoms with E-state index in [2.05, 4.69) is 26.8 Å². The van der Waals surface area contributed by atoms with Crippen LogP contribution in [-0.4, -0.2) is 28.9 Å². The number of hydrogen-bond donors (Lipinski definition) is 0. The highest BCUT2D eigenvalue weighted by atomic mass is 79.9. The van der Waals surface area contributed by atoms with E-state index in [4.69, 9.17) is 18.0 Å². The lowest BCUT2D eigenvalue weighted by molar-refractivity contribution is 0.0776. The number of hydrogen-bond acceptors (Lipinski definition) is 2. The van der Waals surface area contributed by atoms with Gasteiger partial charge in [-0.2, -0.15) is 0 Å². The molecular formula is C12H12BrClN2O. The fraction of sp³-hybridized carbons (Fsp3) is 0.333. The highest BCUT2D eigenvalue weighted by molar-refractivity contribution is 9.10. The van der Waals surface area contributed by atoms with Crippen LogP contribution in [0.3, 0.4) is 0 Å². The van der Waals surface area contributed by atoms with Crippen LogP contribution >= 0.6 is 27.5 Å². The lowest BCUT2D eigenvalue weighted by atomic mass is 10.2. The topological polar surface area (TPSA) is 33.2 Å². The summed E-state index contributed by atoms with van der Waals surface area (Å²) >= 11 is 9.16. The van der Waals surface area contributed by atoms with Crippen LogP contribution in [0.15, 0.2) is 16.7 Å². The molecule has 1 heterocycles. The summed E-state index contributed by atoms with van der Waals surface area (Å²) in [4.78, 5) is 17.7. The predicted octanol–water partition coefficient (Wildman–Crippen LogP) is 2.98. The van der Waals surface area contributed by atoms with Crippen LogP contribution in [0.2, 0.25) is 5.15 Å². The third kappa shape index (κ3) is 3.72. The Hall–Kier alpha value is -1.05. The molecule has 0 radical (unpaired) electrons. The Morgan fingerprint density at radius 2 is 2.41 bits per heavy atom. The first-order valence-corrected chi connectivity index (χ1v) is 6.31. The summed E-state index contributed by atoms with van der Waals surface area (Å²) in [5.74, 6) is 2.28. The van der Waals surface area contributed by atoms with Crippen molar-refractivity contribution < 1.29 is 4.79 Å². The average molecular weight is 316 g/mol. The van der Waals surface area contributed by atoms with E-state index < -0.39 is 0 Å². The molecule has 0 aliphatic carbocycles. The lowest BCUT2D eigenvalue weighted by Gasteiger charge is -2.19. The molecule has 0 spiro atoms. The summed E-state index contributed by atoms with van der Waals surface area (Å²) in [5.41, 5.74) is 0.366. The summed E-state index contributed by atoms with van der Waals surface area (Å²) in [6, 6.07) is 1.65. The number of pyridine rings is 1. The first-order valence-electron chi connectivity index (χ1n) is 5.14. The summed E-state index contributed by atoms with van der Waals surface area (Å²) in [6.07, 6.45) is 7.63. The minimum atomic E-state index is -0.191. The van der Waals surface area contributed by atoms with Crippen LogP contribution in [0, 0.1) is 12.3 Å². The van der Waals surface area contributed by atoms with Gasteiger partial charge in [-0.05, 0) is 28.4 Å². The van der Waals surface area contributed by atoms with Crippen LogP contribution in [-0.2, 0) is 0 Å². The van der Waals surface area contributed by atoms with E-state index in [1.807, 2.05) is 6.92 Å². The summed E-state index contributed by atoms with van der Waals surface area (Å²) in [6.45, 7) is 2.86. The molecular weight excluding hydrogens is 304 g/mol. The number of terminal acetylenes is 1. The van der Waals surface area contributed by atoms with Gasteiger partial charge in [-0.1, -0.05) is 24.4 Å². The molecule has 0 saturated heterocycles. The first-order chi connectivity index (χ1) is 8.10. The second-order valence-corrected chi connectivity index (χ2v) is 4.70. The number of carbonyl (C=O) groups excluding carboxylic acids is 1. The highest BCUT2D eigenvalue weighted by Gasteiger charge is 2.18. The van der Waals surface area contributed by atoms with Crippen LogP contribution in [0.5, 0.6) is 0 Å². The summed E-state index contributed by atoms with van der Waals surface area (Å²) in [5, 5.41) is 0.191. The van der Waals surface area contributed by atoms with E-state index in [1.54, 1.807) is 17.2 Å². The Kier molecular flexibility index (Phi) is 5.46. The van der Waals surface area contributed by atoms with E-state index in [1.165, 1.54) is 0 Å². The maximum absolute atomic E-state index is 12.2. The van der Waals surface area contributed by atoms with Gasteiger partial charge in [0, 0.05) is 17.2 Å². The van der Waals surface area contributed by atoms with Crippen LogP contribution < -0.4 is 0 Å². The van der Waals surface area contributed by atoms with Gasteiger partial charge in [0.1, 0.15) is 5.15 Å². The van der Waals surface area contributed by atoms with Gasteiger partial charge in [0.2, 0.25) is 0 Å². The van der Waals surface area contributed by atoms with Crippen molar-refractivity contribution in [1.82, 2.24) is 9.88 Å². The summed E-state index contributed by atoms with van der Waals surface area (Å²) in [7, 11) is 0. The van der Waals surface area contributed by atoms with E-state index in [0.717, 1.165) is 6.42 Å². The average Bonchev–Trinajstić information content (AvgIpc) is 2.31. The molecule has 1 amide bonds. The quantitative estimate of drug-likeness (QED) is 0.632. The number of nitrogens with zero attached hydrogens (tertiary/aromatic N) is 2. The molecule has 0 aromatic carbocycles. The molecule has 0 atom stereocenters. The lowest BCUT2D eigenvalue weighted by Crippen LogP contribution is -2.32. The normalized spacial score (nSPS) is 9.76. The molecule has 90 valence electrons. The van der Waals surface area contributed by atoms with Gasteiger partial charge in [-0.25, -0.2) is 4.98 Å². The van der Waals surface area contributed by atoms with Crippen molar-refractivity contribution in [3.63, 3.8) is 0 Å². The van der Waals surface area contributed by atoms with Gasteiger partial charge in [-0.15, -0.1) is 6.42 Å². The van der Waals surface area contributed by atoms with E-state index in [-0.39, 0.29) is 17.6 Å². The SMILES string of the molecule is C#CCN(CCC)C(=O)c1cc(Br)cnc1Cl. The van der Waals surface area contributed by atoms with Crippen molar-refractivity contribution >= 4 is 33.4 Å². The van der Waals surface area contributed by atoms with Gasteiger partial charge >= 0.3 is 0 Å². The number of amides is 1. The van der Waals surface area contributed by atoms with E-state index in [0.29, 0.717) is 16.6 Å². The van der Waals surface area contributed by atoms with Crippen LogP contribution in [0.25, 0.3) is 0 Å². The summed E-state index contributed by atoms with van der Waals surface area (Å²) < 4.78 is 0.711. The minimum absolute atomic E-state index is 0.191. The zero-order chi connectivity index (χ0) is 12.8. The number of rotatable bonds is 4. The maximum atomic E-state index is 12.2. The molecule has 0 aliphatic rings. The smallest absolute Gasteiger partial charge is 0.257 e. The Labute approximate surface area is 114 Å². The Bertz CT molecular complexity index is 456. The van der Waals surface area contributed by atoms with Crippen molar-refractivity contribution in [3.05, 3.63) is 27.5 Å². The molecule has 5 heteroatoms. The van der Waals surface area contributed by atoms with Crippen molar-refractivity contribution in [2.45, 2.75) is 13.3 Å². The molecule has 0 unspecified atom stereocenters. The van der Waals surface area contributed by atoms with Gasteiger partial charge in [0.15, 0.2) is 0 Å². The van der Waals surface area contributed by atoms with Crippen LogP contribution in [0.1, 0.15) is 23.7 Å². The van der Waals surface area contributed by atoms with Crippen molar-refractivity contribution in [1.29, 1.82) is 0 Å². The van der Waals surface area contributed by atoms with Gasteiger partial charge in [-0.3, -0.25) is 4.79 Å². The van der Waals surface area contributed by atoms with Crippen molar-refractivity contribution in [2.75, 3.05) is 13.1 Å². The van der Waals surface area contributed by atoms with Gasteiger partial charge in [0.05, 0.1) is 12.1 Å². The number of carbonyl (C=O) groups is 1. The number of halogens is 2. The molecule has 0 saturated carbocycles. The Morgan fingerprint density at radius 1 is 1.71 bits per heavy atom. The molecule has 0 fully saturated rings. The third-order valence-corrected chi connectivity index (χ3v) is 2.83.